The Bertz CT molecular complexity index is 631. The second-order valence-corrected chi connectivity index (χ2v) is 8.41. The molecule has 0 aliphatic heterocycles. The first-order valence-corrected chi connectivity index (χ1v) is 9.38. The molecular weight excluding hydrogens is 314 g/mol. The van der Waals surface area contributed by atoms with Crippen molar-refractivity contribution in [1.29, 1.82) is 0 Å². The zero-order chi connectivity index (χ0) is 15.8. The van der Waals surface area contributed by atoms with Gasteiger partial charge in [-0.3, -0.25) is 0 Å². The van der Waals surface area contributed by atoms with E-state index in [9.17, 15) is 13.2 Å². The fourth-order valence-corrected chi connectivity index (χ4v) is 2.83. The van der Waals surface area contributed by atoms with Gasteiger partial charge in [0.15, 0.2) is 0 Å². The summed E-state index contributed by atoms with van der Waals surface area (Å²) in [5, 5.41) is 0. The van der Waals surface area contributed by atoms with Gasteiger partial charge in [-0.15, -0.1) is 0 Å². The van der Waals surface area contributed by atoms with E-state index >= 15 is 0 Å². The van der Waals surface area contributed by atoms with Gasteiger partial charge >= 0.3 is 5.97 Å². The van der Waals surface area contributed by atoms with E-state index in [1.807, 2.05) is 20.8 Å². The number of esters is 1. The summed E-state index contributed by atoms with van der Waals surface area (Å²) in [5.41, 5.74) is 0.256. The Hall–Kier alpha value is -1.01. The largest absolute Gasteiger partial charge is 0.458 e. The molecule has 0 spiro atoms. The lowest BCUT2D eigenvalue weighted by atomic mass is 9.93. The van der Waals surface area contributed by atoms with Crippen molar-refractivity contribution in [2.75, 3.05) is 0 Å². The summed E-state index contributed by atoms with van der Waals surface area (Å²) in [4.78, 5) is 12.2. The molecule has 1 aliphatic rings. The topological polar surface area (TPSA) is 65.4 Å². The highest BCUT2D eigenvalue weighted by molar-refractivity contribution is 8.13. The van der Waals surface area contributed by atoms with Crippen LogP contribution < -0.4 is 0 Å². The monoisotopic (exact) mass is 333 g/mol. The highest BCUT2D eigenvalue weighted by Gasteiger charge is 2.28. The van der Waals surface area contributed by atoms with Crippen LogP contribution in [0, 0.1) is 5.92 Å². The molecule has 1 fully saturated rings. The molecule has 2 rings (SSSR count). The molecule has 0 aromatic carbocycles. The Morgan fingerprint density at radius 2 is 2.00 bits per heavy atom. The highest BCUT2D eigenvalue weighted by Crippen LogP contribution is 2.35. The van der Waals surface area contributed by atoms with E-state index < -0.39 is 15.0 Å². The Labute approximate surface area is 129 Å². The van der Waals surface area contributed by atoms with Gasteiger partial charge in [0.25, 0.3) is 9.05 Å². The number of hydrogen-bond acceptors (Lipinski definition) is 4. The molecule has 1 aromatic heterocycles. The molecule has 1 unspecified atom stereocenters. The molecular formula is C14H20ClNO4S. The van der Waals surface area contributed by atoms with Gasteiger partial charge in [-0.25, -0.2) is 13.2 Å². The van der Waals surface area contributed by atoms with Crippen molar-refractivity contribution < 1.29 is 17.9 Å². The fraction of sp³-hybridized carbons (Fsp3) is 0.643. The van der Waals surface area contributed by atoms with Gasteiger partial charge in [0.05, 0.1) is 0 Å². The lowest BCUT2D eigenvalue weighted by Crippen LogP contribution is -2.25. The van der Waals surface area contributed by atoms with Crippen molar-refractivity contribution in [3.63, 3.8) is 0 Å². The lowest BCUT2D eigenvalue weighted by Gasteiger charge is -2.29. The molecule has 21 heavy (non-hydrogen) atoms. The zero-order valence-corrected chi connectivity index (χ0v) is 13.9. The summed E-state index contributed by atoms with van der Waals surface area (Å²) in [6, 6.07) is 1.45. The number of hydrogen-bond donors (Lipinski definition) is 0. The average Bonchev–Trinajstić information content (AvgIpc) is 2.70. The maximum atomic E-state index is 12.3. The molecule has 0 saturated heterocycles. The number of nitrogens with zero attached hydrogens (tertiary/aromatic N) is 1. The third kappa shape index (κ3) is 3.61. The first kappa shape index (κ1) is 16.4. The predicted octanol–water partition coefficient (Wildman–Crippen LogP) is 3.34. The van der Waals surface area contributed by atoms with Gasteiger partial charge in [0.1, 0.15) is 16.7 Å². The molecule has 1 saturated carbocycles. The summed E-state index contributed by atoms with van der Waals surface area (Å²) in [7, 11) is 1.52. The molecule has 0 amide bonds. The Morgan fingerprint density at radius 3 is 2.43 bits per heavy atom. The first-order valence-electron chi connectivity index (χ1n) is 7.07. The van der Waals surface area contributed by atoms with Gasteiger partial charge in [-0.05, 0) is 38.2 Å². The number of carbonyl (C=O) groups excluding carboxylic acids is 1. The Morgan fingerprint density at radius 1 is 1.38 bits per heavy atom. The summed E-state index contributed by atoms with van der Waals surface area (Å²) >= 11 is 0. The zero-order valence-electron chi connectivity index (χ0n) is 12.4. The van der Waals surface area contributed by atoms with Gasteiger partial charge in [-0.1, -0.05) is 13.8 Å². The van der Waals surface area contributed by atoms with Crippen LogP contribution in [0.5, 0.6) is 0 Å². The molecule has 0 radical (unpaired) electrons. The summed E-state index contributed by atoms with van der Waals surface area (Å²) < 4.78 is 30.0. The number of rotatable bonds is 5. The SMILES string of the molecule is CC(C)C(C)OC(=O)c1cc(S(=O)(=O)Cl)cn1C1CCC1. The van der Waals surface area contributed by atoms with Crippen LogP contribution in [-0.4, -0.2) is 25.1 Å². The summed E-state index contributed by atoms with van der Waals surface area (Å²) in [6.07, 6.45) is 4.12. The lowest BCUT2D eigenvalue weighted by molar-refractivity contribution is 0.0220. The number of ether oxygens (including phenoxy) is 1. The van der Waals surface area contributed by atoms with E-state index in [2.05, 4.69) is 0 Å². The summed E-state index contributed by atoms with van der Waals surface area (Å²) in [5.74, 6) is -0.313. The summed E-state index contributed by atoms with van der Waals surface area (Å²) in [6.45, 7) is 5.73. The van der Waals surface area contributed by atoms with Gasteiger partial charge in [-0.2, -0.15) is 0 Å². The molecule has 0 N–H and O–H groups in total. The number of carbonyl (C=O) groups is 1. The minimum absolute atomic E-state index is 0.0554. The molecule has 1 aliphatic carbocycles. The average molecular weight is 334 g/mol. The van der Waals surface area contributed by atoms with E-state index in [1.54, 1.807) is 4.57 Å². The maximum Gasteiger partial charge on any atom is 0.355 e. The van der Waals surface area contributed by atoms with E-state index in [1.165, 1.54) is 12.3 Å². The molecule has 5 nitrogen and oxygen atoms in total. The van der Waals surface area contributed by atoms with Crippen molar-refractivity contribution in [1.82, 2.24) is 4.57 Å². The van der Waals surface area contributed by atoms with Crippen LogP contribution in [0.4, 0.5) is 0 Å². The molecule has 1 atom stereocenters. The fourth-order valence-electron chi connectivity index (χ4n) is 2.08. The standard InChI is InChI=1S/C14H20ClNO4S/c1-9(2)10(3)20-14(17)13-7-12(21(15,18)19)8-16(13)11-5-4-6-11/h7-11H,4-6H2,1-3H3. The van der Waals surface area contributed by atoms with Crippen LogP contribution in [0.1, 0.15) is 56.6 Å². The van der Waals surface area contributed by atoms with Crippen molar-refractivity contribution in [2.24, 2.45) is 5.92 Å². The maximum absolute atomic E-state index is 12.3. The van der Waals surface area contributed by atoms with Gasteiger partial charge in [0.2, 0.25) is 0 Å². The molecule has 1 aromatic rings. The van der Waals surface area contributed by atoms with Crippen molar-refractivity contribution in [2.45, 2.75) is 57.1 Å². The van der Waals surface area contributed by atoms with Crippen LogP contribution >= 0.6 is 10.7 Å². The molecule has 0 bridgehead atoms. The normalized spacial score (nSPS) is 17.6. The smallest absolute Gasteiger partial charge is 0.355 e. The minimum atomic E-state index is -3.86. The number of aromatic nitrogens is 1. The van der Waals surface area contributed by atoms with E-state index in [-0.39, 0.29) is 28.7 Å². The van der Waals surface area contributed by atoms with Crippen LogP contribution in [-0.2, 0) is 13.8 Å². The van der Waals surface area contributed by atoms with Crippen LogP contribution in [0.2, 0.25) is 0 Å². The van der Waals surface area contributed by atoms with Crippen LogP contribution in [0.15, 0.2) is 17.2 Å². The van der Waals surface area contributed by atoms with Gasteiger partial charge < -0.3 is 9.30 Å². The van der Waals surface area contributed by atoms with Crippen LogP contribution in [0.3, 0.4) is 0 Å². The van der Waals surface area contributed by atoms with E-state index in [0.29, 0.717) is 0 Å². The van der Waals surface area contributed by atoms with Crippen LogP contribution in [0.25, 0.3) is 0 Å². The third-order valence-electron chi connectivity index (χ3n) is 4.01. The molecule has 118 valence electrons. The minimum Gasteiger partial charge on any atom is -0.458 e. The van der Waals surface area contributed by atoms with E-state index in [0.717, 1.165) is 19.3 Å². The molecule has 1 heterocycles. The highest BCUT2D eigenvalue weighted by atomic mass is 35.7. The Kier molecular flexibility index (Phi) is 4.68. The molecule has 7 heteroatoms. The van der Waals surface area contributed by atoms with Gasteiger partial charge in [0, 0.05) is 22.9 Å². The second-order valence-electron chi connectivity index (χ2n) is 5.85. The second kappa shape index (κ2) is 6.01. The quantitative estimate of drug-likeness (QED) is 0.612. The van der Waals surface area contributed by atoms with E-state index in [4.69, 9.17) is 15.4 Å². The first-order chi connectivity index (χ1) is 9.70. The van der Waals surface area contributed by atoms with Crippen molar-refractivity contribution in [3.05, 3.63) is 18.0 Å². The third-order valence-corrected chi connectivity index (χ3v) is 5.33. The predicted molar refractivity (Wildman–Crippen MR) is 80.1 cm³/mol. The van der Waals surface area contributed by atoms with Crippen molar-refractivity contribution in [3.8, 4) is 0 Å². The Balaban J connectivity index is 2.32. The van der Waals surface area contributed by atoms with Crippen molar-refractivity contribution >= 4 is 25.7 Å². The number of halogens is 1.